The van der Waals surface area contributed by atoms with Gasteiger partial charge in [-0.25, -0.2) is 0 Å². The van der Waals surface area contributed by atoms with Crippen LogP contribution in [0.5, 0.6) is 0 Å². The van der Waals surface area contributed by atoms with E-state index in [0.29, 0.717) is 0 Å². The van der Waals surface area contributed by atoms with E-state index >= 15 is 0 Å². The molecule has 2 amide bonds. The standard InChI is InChI=1S/C8H12N2O6/c11-1-2-3(12)4(13)5(14)6-9-7(15)8(16)10(2)6/h2-6,11-14H,1H2,(H,9,15)/t2-,3+,4+,5+,6+/m1/s1. The third-order valence-electron chi connectivity index (χ3n) is 2.97. The highest BCUT2D eigenvalue weighted by Crippen LogP contribution is 2.26. The van der Waals surface area contributed by atoms with E-state index in [2.05, 4.69) is 5.32 Å². The second kappa shape index (κ2) is 3.67. The molecule has 0 aromatic rings. The molecule has 2 fully saturated rings. The van der Waals surface area contributed by atoms with Crippen LogP contribution in [-0.4, -0.2) is 74.3 Å². The van der Waals surface area contributed by atoms with Gasteiger partial charge in [0.2, 0.25) is 0 Å². The van der Waals surface area contributed by atoms with E-state index in [-0.39, 0.29) is 0 Å². The van der Waals surface area contributed by atoms with Crippen LogP contribution in [0.25, 0.3) is 0 Å². The van der Waals surface area contributed by atoms with Crippen molar-refractivity contribution in [3.8, 4) is 0 Å². The van der Waals surface area contributed by atoms with Gasteiger partial charge in [-0.15, -0.1) is 0 Å². The molecule has 2 saturated heterocycles. The number of hydrogen-bond donors (Lipinski definition) is 5. The molecule has 8 heteroatoms. The van der Waals surface area contributed by atoms with Crippen molar-refractivity contribution in [2.24, 2.45) is 0 Å². The second-order valence-electron chi connectivity index (χ2n) is 3.85. The molecule has 90 valence electrons. The van der Waals surface area contributed by atoms with Crippen molar-refractivity contribution in [1.29, 1.82) is 0 Å². The molecule has 5 N–H and O–H groups in total. The van der Waals surface area contributed by atoms with E-state index in [1.54, 1.807) is 0 Å². The molecule has 2 heterocycles. The van der Waals surface area contributed by atoms with Crippen LogP contribution in [0, 0.1) is 0 Å². The molecule has 2 aliphatic heterocycles. The van der Waals surface area contributed by atoms with Gasteiger partial charge in [-0.2, -0.15) is 0 Å². The van der Waals surface area contributed by atoms with E-state index in [0.717, 1.165) is 4.90 Å². The topological polar surface area (TPSA) is 130 Å². The molecule has 0 aromatic carbocycles. The van der Waals surface area contributed by atoms with Crippen LogP contribution in [-0.2, 0) is 9.59 Å². The van der Waals surface area contributed by atoms with Crippen LogP contribution in [0.2, 0.25) is 0 Å². The Kier molecular flexibility index (Phi) is 2.58. The molecular formula is C8H12N2O6. The van der Waals surface area contributed by atoms with Gasteiger partial charge >= 0.3 is 11.8 Å². The van der Waals surface area contributed by atoms with Gasteiger partial charge in [-0.1, -0.05) is 0 Å². The van der Waals surface area contributed by atoms with Crippen molar-refractivity contribution < 1.29 is 30.0 Å². The zero-order chi connectivity index (χ0) is 12.0. The Morgan fingerprint density at radius 2 is 1.75 bits per heavy atom. The molecule has 5 atom stereocenters. The Bertz CT molecular complexity index is 334. The zero-order valence-electron chi connectivity index (χ0n) is 8.15. The molecule has 8 nitrogen and oxygen atoms in total. The molecule has 0 radical (unpaired) electrons. The third-order valence-corrected chi connectivity index (χ3v) is 2.97. The number of nitrogens with zero attached hydrogens (tertiary/aromatic N) is 1. The van der Waals surface area contributed by atoms with E-state index in [4.69, 9.17) is 5.11 Å². The number of carbonyl (C=O) groups excluding carboxylic acids is 2. The summed E-state index contributed by atoms with van der Waals surface area (Å²) in [5.41, 5.74) is 0. The van der Waals surface area contributed by atoms with Crippen molar-refractivity contribution in [2.75, 3.05) is 6.61 Å². The third kappa shape index (κ3) is 1.31. The van der Waals surface area contributed by atoms with Gasteiger partial charge in [0.25, 0.3) is 0 Å². The number of piperidine rings is 1. The summed E-state index contributed by atoms with van der Waals surface area (Å²) in [6, 6.07) is -1.10. The number of nitrogens with one attached hydrogen (secondary N) is 1. The number of rotatable bonds is 1. The van der Waals surface area contributed by atoms with Crippen molar-refractivity contribution in [3.63, 3.8) is 0 Å². The average molecular weight is 232 g/mol. The van der Waals surface area contributed by atoms with Crippen molar-refractivity contribution >= 4 is 11.8 Å². The summed E-state index contributed by atoms with van der Waals surface area (Å²) < 4.78 is 0. The second-order valence-corrected chi connectivity index (χ2v) is 3.85. The Morgan fingerprint density at radius 1 is 1.12 bits per heavy atom. The summed E-state index contributed by atoms with van der Waals surface area (Å²) in [5.74, 6) is -1.86. The van der Waals surface area contributed by atoms with Crippen LogP contribution in [0.15, 0.2) is 0 Å². The van der Waals surface area contributed by atoms with Crippen molar-refractivity contribution in [2.45, 2.75) is 30.5 Å². The fourth-order valence-electron chi connectivity index (χ4n) is 2.09. The Hall–Kier alpha value is -1.22. The summed E-state index contributed by atoms with van der Waals surface area (Å²) in [4.78, 5) is 23.4. The smallest absolute Gasteiger partial charge is 0.314 e. The van der Waals surface area contributed by atoms with E-state index in [1.807, 2.05) is 0 Å². The fraction of sp³-hybridized carbons (Fsp3) is 0.750. The quantitative estimate of drug-likeness (QED) is 0.291. The molecule has 2 aliphatic rings. The molecule has 0 bridgehead atoms. The molecular weight excluding hydrogens is 220 g/mol. The summed E-state index contributed by atoms with van der Waals surface area (Å²) in [6.07, 6.45) is -5.60. The van der Waals surface area contributed by atoms with E-state index in [9.17, 15) is 24.9 Å². The minimum absolute atomic E-state index is 0.609. The minimum atomic E-state index is -1.52. The summed E-state index contributed by atoms with van der Waals surface area (Å²) in [6.45, 7) is -0.609. The van der Waals surface area contributed by atoms with Crippen LogP contribution < -0.4 is 5.32 Å². The predicted molar refractivity (Wildman–Crippen MR) is 47.7 cm³/mol. The highest BCUT2D eigenvalue weighted by molar-refractivity contribution is 6.37. The Labute approximate surface area is 90.1 Å². The Morgan fingerprint density at radius 3 is 2.31 bits per heavy atom. The zero-order valence-corrected chi connectivity index (χ0v) is 8.15. The summed E-state index contributed by atoms with van der Waals surface area (Å²) in [7, 11) is 0. The first-order chi connectivity index (χ1) is 7.49. The lowest BCUT2D eigenvalue weighted by Crippen LogP contribution is -2.68. The fourth-order valence-corrected chi connectivity index (χ4v) is 2.09. The molecule has 0 saturated carbocycles. The van der Waals surface area contributed by atoms with Crippen molar-refractivity contribution in [1.82, 2.24) is 10.2 Å². The van der Waals surface area contributed by atoms with Gasteiger partial charge in [0.1, 0.15) is 24.5 Å². The van der Waals surface area contributed by atoms with Gasteiger partial charge < -0.3 is 30.6 Å². The number of aliphatic hydroxyl groups is 4. The van der Waals surface area contributed by atoms with E-state index < -0.39 is 48.9 Å². The number of aliphatic hydroxyl groups excluding tert-OH is 4. The first kappa shape index (κ1) is 11.3. The summed E-state index contributed by atoms with van der Waals surface area (Å²) in [5, 5.41) is 39.8. The number of amides is 2. The van der Waals surface area contributed by atoms with E-state index in [1.165, 1.54) is 0 Å². The van der Waals surface area contributed by atoms with Crippen LogP contribution in [0.1, 0.15) is 0 Å². The number of hydrogen-bond acceptors (Lipinski definition) is 6. The van der Waals surface area contributed by atoms with Gasteiger partial charge in [0, 0.05) is 0 Å². The van der Waals surface area contributed by atoms with Crippen LogP contribution >= 0.6 is 0 Å². The molecule has 0 spiro atoms. The molecule has 2 rings (SSSR count). The highest BCUT2D eigenvalue weighted by atomic mass is 16.4. The molecule has 0 unspecified atom stereocenters. The highest BCUT2D eigenvalue weighted by Gasteiger charge is 2.54. The lowest BCUT2D eigenvalue weighted by atomic mass is 9.92. The number of fused-ring (bicyclic) bond motifs is 1. The first-order valence-electron chi connectivity index (χ1n) is 4.77. The molecule has 0 aliphatic carbocycles. The minimum Gasteiger partial charge on any atom is -0.394 e. The average Bonchev–Trinajstić information content (AvgIpc) is 2.55. The molecule has 0 aromatic heterocycles. The normalized spacial score (nSPS) is 43.2. The maximum Gasteiger partial charge on any atom is 0.314 e. The van der Waals surface area contributed by atoms with Gasteiger partial charge in [0.15, 0.2) is 0 Å². The lowest BCUT2D eigenvalue weighted by molar-refractivity contribution is -0.175. The van der Waals surface area contributed by atoms with Gasteiger partial charge in [-0.3, -0.25) is 9.59 Å². The number of carbonyl (C=O) groups is 2. The first-order valence-corrected chi connectivity index (χ1v) is 4.77. The maximum atomic E-state index is 11.4. The monoisotopic (exact) mass is 232 g/mol. The van der Waals surface area contributed by atoms with Crippen LogP contribution in [0.4, 0.5) is 0 Å². The van der Waals surface area contributed by atoms with Crippen molar-refractivity contribution in [3.05, 3.63) is 0 Å². The van der Waals surface area contributed by atoms with Crippen LogP contribution in [0.3, 0.4) is 0 Å². The van der Waals surface area contributed by atoms with Gasteiger partial charge in [0.05, 0.1) is 12.6 Å². The van der Waals surface area contributed by atoms with Gasteiger partial charge in [-0.05, 0) is 0 Å². The lowest BCUT2D eigenvalue weighted by Gasteiger charge is -2.44. The SMILES string of the molecule is O=C1N[C@@H]2[C@@H](O)[C@@H](O)[C@@H](O)[C@@H](CO)N2C1=O. The Balaban J connectivity index is 2.35. The summed E-state index contributed by atoms with van der Waals surface area (Å²) >= 11 is 0. The predicted octanol–water partition coefficient (Wildman–Crippen LogP) is -4.27. The molecule has 16 heavy (non-hydrogen) atoms. The largest absolute Gasteiger partial charge is 0.394 e. The maximum absolute atomic E-state index is 11.4.